The lowest BCUT2D eigenvalue weighted by molar-refractivity contribution is -0.113. The fraction of sp³-hybridized carbons (Fsp3) is 0.286. The second-order valence-corrected chi connectivity index (χ2v) is 10.5. The van der Waals surface area contributed by atoms with Gasteiger partial charge in [0.15, 0.2) is 15.0 Å². The maximum Gasteiger partial charge on any atom is 0.262 e. The van der Waals surface area contributed by atoms with Gasteiger partial charge in [-0.15, -0.1) is 0 Å². The van der Waals surface area contributed by atoms with Crippen LogP contribution in [0, 0.1) is 0 Å². The van der Waals surface area contributed by atoms with Gasteiger partial charge in [0.2, 0.25) is 5.91 Å². The number of rotatable bonds is 8. The Labute approximate surface area is 194 Å². The minimum atomic E-state index is -3.45. The summed E-state index contributed by atoms with van der Waals surface area (Å²) in [6, 6.07) is 10.8. The highest BCUT2D eigenvalue weighted by atomic mass is 35.5. The van der Waals surface area contributed by atoms with E-state index < -0.39 is 15.7 Å². The van der Waals surface area contributed by atoms with Gasteiger partial charge in [-0.1, -0.05) is 35.5 Å². The molecule has 0 saturated carbocycles. The number of fused-ring (bicyclic) bond motifs is 1. The molecule has 0 spiro atoms. The lowest BCUT2D eigenvalue weighted by atomic mass is 10.2. The number of nitrogens with zero attached hydrogens (tertiary/aromatic N) is 2. The quantitative estimate of drug-likeness (QED) is 0.377. The van der Waals surface area contributed by atoms with Crippen molar-refractivity contribution < 1.29 is 17.9 Å². The molecule has 0 radical (unpaired) electrons. The van der Waals surface area contributed by atoms with Gasteiger partial charge in [-0.05, 0) is 37.3 Å². The number of carbonyl (C=O) groups is 1. The number of sulfone groups is 1. The van der Waals surface area contributed by atoms with Gasteiger partial charge >= 0.3 is 0 Å². The summed E-state index contributed by atoms with van der Waals surface area (Å²) in [5.74, 6) is -0.486. The second-order valence-electron chi connectivity index (χ2n) is 7.14. The number of halogens is 1. The average molecular weight is 496 g/mol. The van der Waals surface area contributed by atoms with E-state index in [0.29, 0.717) is 22.7 Å². The van der Waals surface area contributed by atoms with E-state index in [2.05, 4.69) is 10.3 Å². The molecule has 0 saturated heterocycles. The lowest BCUT2D eigenvalue weighted by Crippen LogP contribution is -2.29. The molecule has 2 aromatic carbocycles. The molecule has 1 N–H and O–H groups in total. The van der Waals surface area contributed by atoms with Crippen LogP contribution in [0.15, 0.2) is 57.3 Å². The summed E-state index contributed by atoms with van der Waals surface area (Å²) >= 11 is 7.20. The molecule has 1 atom stereocenters. The van der Waals surface area contributed by atoms with E-state index in [1.165, 1.54) is 22.8 Å². The van der Waals surface area contributed by atoms with E-state index in [0.717, 1.165) is 18.0 Å². The fourth-order valence-corrected chi connectivity index (χ4v) is 4.79. The molecule has 32 heavy (non-hydrogen) atoms. The van der Waals surface area contributed by atoms with Crippen LogP contribution in [0.2, 0.25) is 5.02 Å². The Hall–Kier alpha value is -2.40. The monoisotopic (exact) mass is 495 g/mol. The van der Waals surface area contributed by atoms with E-state index in [1.54, 1.807) is 31.4 Å². The predicted octanol–water partition coefficient (Wildman–Crippen LogP) is 3.39. The zero-order chi connectivity index (χ0) is 23.5. The molecule has 11 heteroatoms. The van der Waals surface area contributed by atoms with Crippen LogP contribution >= 0.6 is 23.4 Å². The van der Waals surface area contributed by atoms with Crippen LogP contribution in [-0.4, -0.2) is 49.6 Å². The predicted molar refractivity (Wildman–Crippen MR) is 127 cm³/mol. The van der Waals surface area contributed by atoms with Crippen molar-refractivity contribution in [3.8, 4) is 0 Å². The molecule has 0 aliphatic carbocycles. The van der Waals surface area contributed by atoms with Crippen molar-refractivity contribution in [3.63, 3.8) is 0 Å². The van der Waals surface area contributed by atoms with E-state index in [4.69, 9.17) is 16.3 Å². The number of hydrogen-bond donors (Lipinski definition) is 1. The highest BCUT2D eigenvalue weighted by molar-refractivity contribution is 7.99. The number of hydrogen-bond acceptors (Lipinski definition) is 7. The molecule has 3 aromatic rings. The maximum atomic E-state index is 13.1. The maximum absolute atomic E-state index is 13.1. The van der Waals surface area contributed by atoms with Gasteiger partial charge in [-0.2, -0.15) is 0 Å². The molecular formula is C21H22ClN3O5S2. The Morgan fingerprint density at radius 3 is 2.69 bits per heavy atom. The molecule has 3 rings (SSSR count). The van der Waals surface area contributed by atoms with Gasteiger partial charge in [-0.3, -0.25) is 14.2 Å². The van der Waals surface area contributed by atoms with Gasteiger partial charge < -0.3 is 10.1 Å². The smallest absolute Gasteiger partial charge is 0.262 e. The Morgan fingerprint density at radius 1 is 1.28 bits per heavy atom. The second kappa shape index (κ2) is 10.0. The lowest BCUT2D eigenvalue weighted by Gasteiger charge is -2.18. The molecule has 0 fully saturated rings. The number of para-hydroxylation sites is 1. The number of amides is 1. The highest BCUT2D eigenvalue weighted by Crippen LogP contribution is 2.26. The highest BCUT2D eigenvalue weighted by Gasteiger charge is 2.18. The van der Waals surface area contributed by atoms with Crippen LogP contribution in [0.25, 0.3) is 10.9 Å². The first-order valence-corrected chi connectivity index (χ1v) is 12.8. The molecule has 0 bridgehead atoms. The van der Waals surface area contributed by atoms with E-state index in [-0.39, 0.29) is 33.0 Å². The van der Waals surface area contributed by atoms with Gasteiger partial charge in [0.25, 0.3) is 5.56 Å². The number of anilines is 1. The molecule has 0 aliphatic heterocycles. The first-order valence-electron chi connectivity index (χ1n) is 9.54. The summed E-state index contributed by atoms with van der Waals surface area (Å²) < 4.78 is 30.3. The molecule has 1 unspecified atom stereocenters. The van der Waals surface area contributed by atoms with Crippen molar-refractivity contribution in [2.45, 2.75) is 23.0 Å². The minimum Gasteiger partial charge on any atom is -0.383 e. The third-order valence-corrected chi connectivity index (χ3v) is 6.99. The Balaban J connectivity index is 1.87. The van der Waals surface area contributed by atoms with Crippen molar-refractivity contribution in [2.24, 2.45) is 0 Å². The van der Waals surface area contributed by atoms with Crippen LogP contribution in [0.5, 0.6) is 0 Å². The number of methoxy groups -OCH3 is 1. The van der Waals surface area contributed by atoms with Crippen LogP contribution in [-0.2, 0) is 19.4 Å². The van der Waals surface area contributed by atoms with E-state index in [1.807, 2.05) is 6.92 Å². The third kappa shape index (κ3) is 5.50. The number of carbonyl (C=O) groups excluding carboxylic acids is 1. The molecule has 1 heterocycles. The van der Waals surface area contributed by atoms with Crippen LogP contribution in [0.4, 0.5) is 5.69 Å². The van der Waals surface area contributed by atoms with Crippen molar-refractivity contribution in [3.05, 3.63) is 57.8 Å². The van der Waals surface area contributed by atoms with Gasteiger partial charge in [0, 0.05) is 13.4 Å². The number of thioether (sulfide) groups is 1. The summed E-state index contributed by atoms with van der Waals surface area (Å²) in [4.78, 5) is 30.2. The zero-order valence-corrected chi connectivity index (χ0v) is 20.1. The molecule has 170 valence electrons. The molecule has 1 amide bonds. The van der Waals surface area contributed by atoms with Gasteiger partial charge in [0.05, 0.1) is 44.9 Å². The standard InChI is InChI=1S/C21H22ClN3O5S2/c1-13(11-30-2)25-20(27)15-6-4-5-7-17(15)24-21(25)31-12-19(26)23-18-10-14(32(3,28)29)8-9-16(18)22/h4-10,13H,11-12H2,1-3H3,(H,23,26). The SMILES string of the molecule is COCC(C)n1c(SCC(=O)Nc2cc(S(C)(=O)=O)ccc2Cl)nc2ccccc2c1=O. The van der Waals surface area contributed by atoms with Crippen molar-refractivity contribution >= 4 is 55.7 Å². The van der Waals surface area contributed by atoms with E-state index >= 15 is 0 Å². The van der Waals surface area contributed by atoms with Gasteiger partial charge in [-0.25, -0.2) is 13.4 Å². The number of ether oxygens (including phenoxy) is 1. The molecule has 8 nitrogen and oxygen atoms in total. The Bertz CT molecular complexity index is 1320. The van der Waals surface area contributed by atoms with Gasteiger partial charge in [0.1, 0.15) is 0 Å². The van der Waals surface area contributed by atoms with Crippen LogP contribution in [0.3, 0.4) is 0 Å². The molecule has 0 aliphatic rings. The number of benzene rings is 2. The minimum absolute atomic E-state index is 0.0447. The fourth-order valence-electron chi connectivity index (χ4n) is 3.08. The normalized spacial score (nSPS) is 12.6. The van der Waals surface area contributed by atoms with Crippen molar-refractivity contribution in [2.75, 3.05) is 31.0 Å². The Kier molecular flexibility index (Phi) is 7.60. The third-order valence-electron chi connectivity index (χ3n) is 4.60. The topological polar surface area (TPSA) is 107 Å². The van der Waals surface area contributed by atoms with Crippen LogP contribution in [0.1, 0.15) is 13.0 Å². The largest absolute Gasteiger partial charge is 0.383 e. The van der Waals surface area contributed by atoms with Crippen molar-refractivity contribution in [1.29, 1.82) is 0 Å². The summed E-state index contributed by atoms with van der Waals surface area (Å²) in [5.41, 5.74) is 0.508. The van der Waals surface area contributed by atoms with E-state index in [9.17, 15) is 18.0 Å². The average Bonchev–Trinajstić information content (AvgIpc) is 2.73. The molecular weight excluding hydrogens is 474 g/mol. The first-order chi connectivity index (χ1) is 15.1. The van der Waals surface area contributed by atoms with Crippen molar-refractivity contribution in [1.82, 2.24) is 9.55 Å². The summed E-state index contributed by atoms with van der Waals surface area (Å²) in [5, 5.41) is 3.69. The zero-order valence-electron chi connectivity index (χ0n) is 17.7. The summed E-state index contributed by atoms with van der Waals surface area (Å²) in [6.07, 6.45) is 1.07. The number of nitrogens with one attached hydrogen (secondary N) is 1. The van der Waals surface area contributed by atoms with Crippen LogP contribution < -0.4 is 10.9 Å². The Morgan fingerprint density at radius 2 is 2.00 bits per heavy atom. The molecule has 1 aromatic heterocycles. The summed E-state index contributed by atoms with van der Waals surface area (Å²) in [7, 11) is -1.91. The number of aromatic nitrogens is 2. The first kappa shape index (κ1) is 24.2. The summed E-state index contributed by atoms with van der Waals surface area (Å²) in [6.45, 7) is 2.13.